The highest BCUT2D eigenvalue weighted by Crippen LogP contribution is 2.20. The lowest BCUT2D eigenvalue weighted by Gasteiger charge is -2.29. The maximum absolute atomic E-state index is 12.2. The standard InChI is InChI=1S/C15H20N4O3.ClH/c1-10-13(16-7-9-22-10)14(20)18-11-2-4-12(5-3-11)19-8-6-17-15(19)21;/h2-5,10,13,16H,6-9H2,1H3,(H,17,21)(H,18,20);1H/t10-,13+;/m1./s1. The molecule has 1 aromatic rings. The number of nitrogens with one attached hydrogen (secondary N) is 3. The van der Waals surface area contributed by atoms with Gasteiger partial charge in [0.25, 0.3) is 0 Å². The Balaban J connectivity index is 0.00000192. The molecule has 23 heavy (non-hydrogen) atoms. The highest BCUT2D eigenvalue weighted by molar-refractivity contribution is 5.96. The molecule has 2 aliphatic rings. The first-order chi connectivity index (χ1) is 10.6. The maximum atomic E-state index is 12.2. The number of morpholine rings is 1. The molecule has 2 saturated heterocycles. The normalized spacial score (nSPS) is 23.9. The van der Waals surface area contributed by atoms with Gasteiger partial charge in [-0.1, -0.05) is 0 Å². The number of urea groups is 1. The summed E-state index contributed by atoms with van der Waals surface area (Å²) in [5, 5.41) is 8.78. The zero-order valence-electron chi connectivity index (χ0n) is 12.9. The van der Waals surface area contributed by atoms with Crippen LogP contribution in [0.5, 0.6) is 0 Å². The fourth-order valence-electron chi connectivity index (χ4n) is 2.69. The van der Waals surface area contributed by atoms with Gasteiger partial charge in [-0.2, -0.15) is 0 Å². The van der Waals surface area contributed by atoms with Crippen molar-refractivity contribution < 1.29 is 14.3 Å². The molecule has 7 nitrogen and oxygen atoms in total. The van der Waals surface area contributed by atoms with Crippen LogP contribution in [0.3, 0.4) is 0 Å². The van der Waals surface area contributed by atoms with Gasteiger partial charge in [0.1, 0.15) is 6.04 Å². The molecule has 8 heteroatoms. The van der Waals surface area contributed by atoms with E-state index in [1.807, 2.05) is 19.1 Å². The smallest absolute Gasteiger partial charge is 0.321 e. The van der Waals surface area contributed by atoms with Gasteiger partial charge in [0.2, 0.25) is 5.91 Å². The Bertz CT molecular complexity index is 566. The largest absolute Gasteiger partial charge is 0.375 e. The summed E-state index contributed by atoms with van der Waals surface area (Å²) >= 11 is 0. The Kier molecular flexibility index (Phi) is 5.81. The molecule has 3 rings (SSSR count). The van der Waals surface area contributed by atoms with E-state index in [1.54, 1.807) is 17.0 Å². The quantitative estimate of drug-likeness (QED) is 0.765. The van der Waals surface area contributed by atoms with Crippen molar-refractivity contribution in [2.24, 2.45) is 0 Å². The Morgan fingerprint density at radius 2 is 2.04 bits per heavy atom. The number of halogens is 1. The van der Waals surface area contributed by atoms with Crippen molar-refractivity contribution in [3.63, 3.8) is 0 Å². The Morgan fingerprint density at radius 1 is 1.30 bits per heavy atom. The minimum Gasteiger partial charge on any atom is -0.375 e. The molecule has 2 aliphatic heterocycles. The summed E-state index contributed by atoms with van der Waals surface area (Å²) in [7, 11) is 0. The lowest BCUT2D eigenvalue weighted by Crippen LogP contribution is -2.53. The second kappa shape index (κ2) is 7.63. The molecule has 0 spiro atoms. The van der Waals surface area contributed by atoms with E-state index in [1.165, 1.54) is 0 Å². The number of carbonyl (C=O) groups is 2. The average Bonchev–Trinajstić information content (AvgIpc) is 2.94. The molecule has 126 valence electrons. The van der Waals surface area contributed by atoms with Crippen molar-refractivity contribution in [3.8, 4) is 0 Å². The summed E-state index contributed by atoms with van der Waals surface area (Å²) in [4.78, 5) is 25.5. The third-order valence-electron chi connectivity index (χ3n) is 3.90. The molecule has 0 radical (unpaired) electrons. The summed E-state index contributed by atoms with van der Waals surface area (Å²) < 4.78 is 5.47. The zero-order chi connectivity index (χ0) is 15.5. The first kappa shape index (κ1) is 17.5. The molecule has 2 atom stereocenters. The van der Waals surface area contributed by atoms with Gasteiger partial charge in [-0.15, -0.1) is 12.4 Å². The predicted octanol–water partition coefficient (Wildman–Crippen LogP) is 0.953. The van der Waals surface area contributed by atoms with Crippen LogP contribution in [0, 0.1) is 0 Å². The minimum absolute atomic E-state index is 0. The van der Waals surface area contributed by atoms with Crippen molar-refractivity contribution in [1.29, 1.82) is 0 Å². The SMILES string of the molecule is C[C@H]1OCCN[C@@H]1C(=O)Nc1ccc(N2CCNC2=O)cc1.Cl. The fourth-order valence-corrected chi connectivity index (χ4v) is 2.69. The van der Waals surface area contributed by atoms with Gasteiger partial charge in [0.05, 0.1) is 12.7 Å². The number of benzene rings is 1. The highest BCUT2D eigenvalue weighted by atomic mass is 35.5. The molecule has 1 aromatic carbocycles. The van der Waals surface area contributed by atoms with E-state index < -0.39 is 0 Å². The molecule has 2 fully saturated rings. The molecule has 0 aromatic heterocycles. The van der Waals surface area contributed by atoms with E-state index in [0.717, 1.165) is 5.69 Å². The lowest BCUT2D eigenvalue weighted by atomic mass is 10.1. The summed E-state index contributed by atoms with van der Waals surface area (Å²) in [6.45, 7) is 4.49. The van der Waals surface area contributed by atoms with Crippen LogP contribution in [-0.4, -0.2) is 50.3 Å². The van der Waals surface area contributed by atoms with Gasteiger partial charge in [0.15, 0.2) is 0 Å². The van der Waals surface area contributed by atoms with Crippen LogP contribution in [0.15, 0.2) is 24.3 Å². The summed E-state index contributed by atoms with van der Waals surface area (Å²) in [6, 6.07) is 6.82. The molecule has 0 saturated carbocycles. The van der Waals surface area contributed by atoms with E-state index in [9.17, 15) is 9.59 Å². The molecular weight excluding hydrogens is 320 g/mol. The number of ether oxygens (including phenoxy) is 1. The number of anilines is 2. The molecule has 0 bridgehead atoms. The van der Waals surface area contributed by atoms with Crippen molar-refractivity contribution in [1.82, 2.24) is 10.6 Å². The van der Waals surface area contributed by atoms with Crippen molar-refractivity contribution in [2.75, 3.05) is 36.5 Å². The van der Waals surface area contributed by atoms with Gasteiger partial charge in [-0.05, 0) is 31.2 Å². The number of hydrogen-bond acceptors (Lipinski definition) is 4. The number of amides is 3. The van der Waals surface area contributed by atoms with Crippen LogP contribution in [-0.2, 0) is 9.53 Å². The van der Waals surface area contributed by atoms with E-state index in [-0.39, 0.29) is 36.5 Å². The van der Waals surface area contributed by atoms with Crippen LogP contribution in [0.25, 0.3) is 0 Å². The summed E-state index contributed by atoms with van der Waals surface area (Å²) in [5.74, 6) is -0.112. The number of nitrogens with zero attached hydrogens (tertiary/aromatic N) is 1. The highest BCUT2D eigenvalue weighted by Gasteiger charge is 2.28. The Hall–Kier alpha value is -1.83. The number of carbonyl (C=O) groups excluding carboxylic acids is 2. The second-order valence-electron chi connectivity index (χ2n) is 5.43. The van der Waals surface area contributed by atoms with Crippen molar-refractivity contribution in [3.05, 3.63) is 24.3 Å². The topological polar surface area (TPSA) is 82.7 Å². The molecule has 3 N–H and O–H groups in total. The average molecular weight is 341 g/mol. The third-order valence-corrected chi connectivity index (χ3v) is 3.90. The first-order valence-electron chi connectivity index (χ1n) is 7.46. The van der Waals surface area contributed by atoms with Crippen LogP contribution >= 0.6 is 12.4 Å². The summed E-state index contributed by atoms with van der Waals surface area (Å²) in [6.07, 6.45) is -0.152. The number of hydrogen-bond donors (Lipinski definition) is 3. The molecular formula is C15H21ClN4O3. The van der Waals surface area contributed by atoms with Crippen LogP contribution in [0.4, 0.5) is 16.2 Å². The first-order valence-corrected chi connectivity index (χ1v) is 7.46. The van der Waals surface area contributed by atoms with E-state index >= 15 is 0 Å². The van der Waals surface area contributed by atoms with E-state index in [4.69, 9.17) is 4.74 Å². The van der Waals surface area contributed by atoms with Crippen molar-refractivity contribution in [2.45, 2.75) is 19.1 Å². The predicted molar refractivity (Wildman–Crippen MR) is 90.3 cm³/mol. The minimum atomic E-state index is -0.349. The molecule has 3 amide bonds. The second-order valence-corrected chi connectivity index (χ2v) is 5.43. The molecule has 0 aliphatic carbocycles. The van der Waals surface area contributed by atoms with Gasteiger partial charge >= 0.3 is 6.03 Å². The lowest BCUT2D eigenvalue weighted by molar-refractivity contribution is -0.123. The van der Waals surface area contributed by atoms with Crippen molar-refractivity contribution >= 4 is 35.7 Å². The maximum Gasteiger partial charge on any atom is 0.321 e. The van der Waals surface area contributed by atoms with Gasteiger partial charge in [-0.25, -0.2) is 4.79 Å². The van der Waals surface area contributed by atoms with Crippen LogP contribution < -0.4 is 20.9 Å². The van der Waals surface area contributed by atoms with Gasteiger partial charge in [0, 0.05) is 31.0 Å². The summed E-state index contributed by atoms with van der Waals surface area (Å²) in [5.41, 5.74) is 1.52. The molecule has 2 heterocycles. The van der Waals surface area contributed by atoms with Crippen LogP contribution in [0.2, 0.25) is 0 Å². The molecule has 0 unspecified atom stereocenters. The monoisotopic (exact) mass is 340 g/mol. The van der Waals surface area contributed by atoms with E-state index in [2.05, 4.69) is 16.0 Å². The van der Waals surface area contributed by atoms with Gasteiger partial charge < -0.3 is 20.7 Å². The van der Waals surface area contributed by atoms with Crippen LogP contribution in [0.1, 0.15) is 6.92 Å². The Morgan fingerprint density at radius 3 is 2.65 bits per heavy atom. The number of rotatable bonds is 3. The van der Waals surface area contributed by atoms with E-state index in [0.29, 0.717) is 31.9 Å². The van der Waals surface area contributed by atoms with Gasteiger partial charge in [-0.3, -0.25) is 9.69 Å². The Labute approximate surface area is 141 Å². The zero-order valence-corrected chi connectivity index (χ0v) is 13.7. The third kappa shape index (κ3) is 3.93. The fraction of sp³-hybridized carbons (Fsp3) is 0.467.